The number of aromatic nitrogens is 1. The fraction of sp³-hybridized carbons (Fsp3) is 0.481. The van der Waals surface area contributed by atoms with E-state index in [1.807, 2.05) is 0 Å². The first-order valence-electron chi connectivity index (χ1n) is 12.4. The molecule has 2 aromatic rings. The number of hydrogen-bond acceptors (Lipinski definition) is 4. The summed E-state index contributed by atoms with van der Waals surface area (Å²) in [5.74, 6) is -1.74. The second kappa shape index (κ2) is 8.57. The van der Waals surface area contributed by atoms with Crippen LogP contribution in [0.15, 0.2) is 36.9 Å². The molecule has 1 saturated heterocycles. The molecule has 1 aromatic heterocycles. The molecule has 2 aliphatic carbocycles. The van der Waals surface area contributed by atoms with E-state index < -0.39 is 29.8 Å². The van der Waals surface area contributed by atoms with Crippen LogP contribution in [0.3, 0.4) is 0 Å². The van der Waals surface area contributed by atoms with Gasteiger partial charge in [0.25, 0.3) is 5.91 Å². The molecular weight excluding hydrogens is 463 g/mol. The van der Waals surface area contributed by atoms with Gasteiger partial charge in [0, 0.05) is 17.4 Å². The predicted octanol–water partition coefficient (Wildman–Crippen LogP) is 2.56. The van der Waals surface area contributed by atoms with Crippen LogP contribution in [-0.2, 0) is 14.4 Å². The van der Waals surface area contributed by atoms with Crippen molar-refractivity contribution in [2.75, 3.05) is 6.54 Å². The van der Waals surface area contributed by atoms with E-state index >= 15 is 0 Å². The van der Waals surface area contributed by atoms with Gasteiger partial charge in [0.2, 0.25) is 11.8 Å². The average Bonchev–Trinajstić information content (AvgIpc) is 3.61. The van der Waals surface area contributed by atoms with Crippen LogP contribution < -0.4 is 10.6 Å². The molecule has 3 fully saturated rings. The minimum Gasteiger partial charge on any atom is -0.350 e. The van der Waals surface area contributed by atoms with Gasteiger partial charge in [0.05, 0.1) is 6.04 Å². The summed E-state index contributed by atoms with van der Waals surface area (Å²) in [5, 5.41) is 5.89. The molecule has 0 bridgehead atoms. The highest BCUT2D eigenvalue weighted by Crippen LogP contribution is 2.65. The van der Waals surface area contributed by atoms with E-state index in [1.165, 1.54) is 18.2 Å². The van der Waals surface area contributed by atoms with Crippen LogP contribution in [0.25, 0.3) is 10.9 Å². The summed E-state index contributed by atoms with van der Waals surface area (Å²) >= 11 is 0. The van der Waals surface area contributed by atoms with Crippen molar-refractivity contribution in [1.29, 1.82) is 0 Å². The van der Waals surface area contributed by atoms with Crippen LogP contribution in [0.2, 0.25) is 0 Å². The molecule has 190 valence electrons. The van der Waals surface area contributed by atoms with Gasteiger partial charge in [-0.25, -0.2) is 4.39 Å². The summed E-state index contributed by atoms with van der Waals surface area (Å²) < 4.78 is 14.1. The summed E-state index contributed by atoms with van der Waals surface area (Å²) in [6, 6.07) is 3.77. The monoisotopic (exact) mass is 494 g/mol. The number of carbonyl (C=O) groups excluding carboxylic acids is 4. The minimum absolute atomic E-state index is 0.0141. The first-order chi connectivity index (χ1) is 17.0. The van der Waals surface area contributed by atoms with Crippen molar-refractivity contribution in [3.8, 4) is 0 Å². The number of ketones is 1. The molecule has 36 heavy (non-hydrogen) atoms. The summed E-state index contributed by atoms with van der Waals surface area (Å²) in [5.41, 5.74) is 0.582. The summed E-state index contributed by atoms with van der Waals surface area (Å²) in [4.78, 5) is 56.6. The molecule has 1 aromatic carbocycles. The van der Waals surface area contributed by atoms with Crippen LogP contribution in [0.4, 0.5) is 4.39 Å². The second-order valence-electron chi connectivity index (χ2n) is 10.9. The Labute approximate surface area is 208 Å². The number of rotatable bonds is 8. The van der Waals surface area contributed by atoms with E-state index in [1.54, 1.807) is 24.0 Å². The maximum absolute atomic E-state index is 14.1. The molecule has 3 aliphatic rings. The van der Waals surface area contributed by atoms with Crippen LogP contribution in [0.5, 0.6) is 0 Å². The lowest BCUT2D eigenvalue weighted by Crippen LogP contribution is -2.57. The fourth-order valence-electron chi connectivity index (χ4n) is 5.81. The molecule has 3 amide bonds. The number of aromatic amines is 1. The van der Waals surface area contributed by atoms with Crippen molar-refractivity contribution in [3.05, 3.63) is 48.4 Å². The molecule has 1 aliphatic heterocycles. The van der Waals surface area contributed by atoms with Gasteiger partial charge in [0.1, 0.15) is 23.6 Å². The van der Waals surface area contributed by atoms with Crippen LogP contribution >= 0.6 is 0 Å². The lowest BCUT2D eigenvalue weighted by molar-refractivity contribution is -0.142. The van der Waals surface area contributed by atoms with Crippen molar-refractivity contribution >= 4 is 34.4 Å². The smallest absolute Gasteiger partial charge is 0.268 e. The number of nitrogens with zero attached hydrogens (tertiary/aromatic N) is 1. The number of fused-ring (bicyclic) bond motifs is 2. The van der Waals surface area contributed by atoms with Gasteiger partial charge in [-0.2, -0.15) is 0 Å². The summed E-state index contributed by atoms with van der Waals surface area (Å²) in [6.45, 7) is 9.65. The quantitative estimate of drug-likeness (QED) is 0.490. The Balaban J connectivity index is 1.36. The third kappa shape index (κ3) is 4.00. The number of carbonyl (C=O) groups is 4. The van der Waals surface area contributed by atoms with Gasteiger partial charge in [-0.15, -0.1) is 0 Å². The largest absolute Gasteiger partial charge is 0.350 e. The lowest BCUT2D eigenvalue weighted by atomic mass is 9.98. The Morgan fingerprint density at radius 1 is 1.22 bits per heavy atom. The molecule has 0 unspecified atom stereocenters. The van der Waals surface area contributed by atoms with Gasteiger partial charge in [0.15, 0.2) is 5.78 Å². The van der Waals surface area contributed by atoms with Crippen LogP contribution in [-0.4, -0.2) is 58.1 Å². The number of piperidine rings is 1. The number of likely N-dealkylation sites (tertiary alicyclic amines) is 1. The topological polar surface area (TPSA) is 111 Å². The SMILES string of the molecule is C=CC(=O)[C@H](C)NC(=O)[C@@H]1[C@@H]2[C@H](CN1C(=O)[C@@H](NC(=O)c1cc3c(F)cccc3[nH]1)C1CC1)C2(C)C. The molecule has 2 heterocycles. The van der Waals surface area contributed by atoms with Gasteiger partial charge < -0.3 is 20.5 Å². The predicted molar refractivity (Wildman–Crippen MR) is 131 cm³/mol. The van der Waals surface area contributed by atoms with Crippen LogP contribution in [0, 0.1) is 29.0 Å². The fourth-order valence-corrected chi connectivity index (χ4v) is 5.81. The zero-order chi connectivity index (χ0) is 25.9. The van der Waals surface area contributed by atoms with Gasteiger partial charge in [-0.05, 0) is 67.2 Å². The first kappa shape index (κ1) is 24.2. The number of nitrogens with one attached hydrogen (secondary N) is 3. The zero-order valence-corrected chi connectivity index (χ0v) is 20.6. The molecule has 5 rings (SSSR count). The highest BCUT2D eigenvalue weighted by Gasteiger charge is 2.69. The molecule has 3 N–H and O–H groups in total. The van der Waals surface area contributed by atoms with Crippen molar-refractivity contribution in [2.45, 2.75) is 51.7 Å². The van der Waals surface area contributed by atoms with E-state index in [2.05, 4.69) is 36.0 Å². The first-order valence-corrected chi connectivity index (χ1v) is 12.4. The Morgan fingerprint density at radius 3 is 2.58 bits per heavy atom. The molecule has 2 saturated carbocycles. The number of amides is 3. The maximum Gasteiger partial charge on any atom is 0.268 e. The highest BCUT2D eigenvalue weighted by molar-refractivity contribution is 6.02. The van der Waals surface area contributed by atoms with E-state index in [9.17, 15) is 23.6 Å². The second-order valence-corrected chi connectivity index (χ2v) is 10.9. The Kier molecular flexibility index (Phi) is 5.76. The lowest BCUT2D eigenvalue weighted by Gasteiger charge is -2.33. The molecule has 5 atom stereocenters. The third-order valence-electron chi connectivity index (χ3n) is 8.25. The zero-order valence-electron chi connectivity index (χ0n) is 20.6. The minimum atomic E-state index is -0.781. The van der Waals surface area contributed by atoms with Crippen molar-refractivity contribution < 1.29 is 23.6 Å². The third-order valence-corrected chi connectivity index (χ3v) is 8.25. The highest BCUT2D eigenvalue weighted by atomic mass is 19.1. The number of H-pyrrole nitrogens is 1. The van der Waals surface area contributed by atoms with Crippen molar-refractivity contribution in [2.24, 2.45) is 23.2 Å². The molecular formula is C27H31FN4O4. The summed E-state index contributed by atoms with van der Waals surface area (Å²) in [7, 11) is 0. The molecule has 0 radical (unpaired) electrons. The molecule has 0 spiro atoms. The van der Waals surface area contributed by atoms with Crippen molar-refractivity contribution in [1.82, 2.24) is 20.5 Å². The normalized spacial score (nSPS) is 25.6. The number of hydrogen-bond donors (Lipinski definition) is 3. The maximum atomic E-state index is 14.1. The van der Waals surface area contributed by atoms with Gasteiger partial charge >= 0.3 is 0 Å². The van der Waals surface area contributed by atoms with E-state index in [0.29, 0.717) is 17.4 Å². The van der Waals surface area contributed by atoms with Crippen molar-refractivity contribution in [3.63, 3.8) is 0 Å². The molecule has 8 nitrogen and oxygen atoms in total. The Bertz CT molecular complexity index is 1280. The number of halogens is 1. The van der Waals surface area contributed by atoms with E-state index in [0.717, 1.165) is 12.8 Å². The standard InChI is InChI=1S/C27H31FN4O4/c1-5-20(33)13(2)29-25(35)23-21-16(27(21,3)4)12-32(23)26(36)22(14-9-10-14)31-24(34)19-11-15-17(28)7-6-8-18(15)30-19/h5-8,11,13-14,16,21-23,30H,1,9-10,12H2,2-4H3,(H,29,35)(H,31,34)/t13-,16-,21-,22-,23-/m0/s1. The van der Waals surface area contributed by atoms with E-state index in [-0.39, 0.29) is 46.5 Å². The molecule has 9 heteroatoms. The average molecular weight is 495 g/mol. The van der Waals surface area contributed by atoms with Gasteiger partial charge in [-0.3, -0.25) is 19.2 Å². The summed E-state index contributed by atoms with van der Waals surface area (Å²) in [6.07, 6.45) is 2.76. The number of benzene rings is 1. The Hall–Kier alpha value is -3.49. The van der Waals surface area contributed by atoms with Gasteiger partial charge in [-0.1, -0.05) is 26.5 Å². The van der Waals surface area contributed by atoms with E-state index in [4.69, 9.17) is 0 Å². The van der Waals surface area contributed by atoms with Crippen LogP contribution in [0.1, 0.15) is 44.1 Å². The Morgan fingerprint density at radius 2 is 1.94 bits per heavy atom.